The van der Waals surface area contributed by atoms with Crippen LogP contribution in [0.1, 0.15) is 18.4 Å². The van der Waals surface area contributed by atoms with Gasteiger partial charge in [-0.1, -0.05) is 42.5 Å². The highest BCUT2D eigenvalue weighted by molar-refractivity contribution is 5.90. The van der Waals surface area contributed by atoms with Crippen molar-refractivity contribution in [3.8, 4) is 0 Å². The molecule has 1 amide bonds. The van der Waals surface area contributed by atoms with Gasteiger partial charge in [0.1, 0.15) is 0 Å². The van der Waals surface area contributed by atoms with E-state index >= 15 is 0 Å². The standard InChI is InChI=1S/C19H24N2O/c1-20-14-15-9-11-21(12-10-15)19(22)13-17-7-4-6-16-5-2-3-8-18(16)17/h2-8,15,20H,9-14H2,1H3. The Labute approximate surface area is 132 Å². The quantitative estimate of drug-likeness (QED) is 0.941. The molecule has 1 N–H and O–H groups in total. The molecule has 0 atom stereocenters. The van der Waals surface area contributed by atoms with Crippen LogP contribution in [0, 0.1) is 5.92 Å². The van der Waals surface area contributed by atoms with Gasteiger partial charge in [0.2, 0.25) is 5.91 Å². The fourth-order valence-electron chi connectivity index (χ4n) is 3.40. The van der Waals surface area contributed by atoms with Crippen molar-refractivity contribution in [3.05, 3.63) is 48.0 Å². The summed E-state index contributed by atoms with van der Waals surface area (Å²) in [5, 5.41) is 5.64. The Bertz CT molecular complexity index is 639. The molecule has 0 radical (unpaired) electrons. The van der Waals surface area contributed by atoms with Crippen LogP contribution in [-0.2, 0) is 11.2 Å². The van der Waals surface area contributed by atoms with E-state index in [9.17, 15) is 4.79 Å². The number of amides is 1. The average molecular weight is 296 g/mol. The highest BCUT2D eigenvalue weighted by atomic mass is 16.2. The number of hydrogen-bond acceptors (Lipinski definition) is 2. The Morgan fingerprint density at radius 3 is 2.64 bits per heavy atom. The summed E-state index contributed by atoms with van der Waals surface area (Å²) in [4.78, 5) is 14.6. The topological polar surface area (TPSA) is 32.3 Å². The van der Waals surface area contributed by atoms with Crippen LogP contribution < -0.4 is 5.32 Å². The molecule has 3 rings (SSSR count). The van der Waals surface area contributed by atoms with Gasteiger partial charge in [0.15, 0.2) is 0 Å². The summed E-state index contributed by atoms with van der Waals surface area (Å²) in [6.07, 6.45) is 2.74. The van der Waals surface area contributed by atoms with E-state index < -0.39 is 0 Å². The molecule has 0 aromatic heterocycles. The molecule has 2 aromatic carbocycles. The Kier molecular flexibility index (Phi) is 4.74. The Hall–Kier alpha value is -1.87. The van der Waals surface area contributed by atoms with E-state index in [2.05, 4.69) is 29.6 Å². The monoisotopic (exact) mass is 296 g/mol. The lowest BCUT2D eigenvalue weighted by molar-refractivity contribution is -0.131. The lowest BCUT2D eigenvalue weighted by atomic mass is 9.96. The fourth-order valence-corrected chi connectivity index (χ4v) is 3.40. The van der Waals surface area contributed by atoms with Crippen LogP contribution in [0.5, 0.6) is 0 Å². The van der Waals surface area contributed by atoms with Crippen molar-refractivity contribution in [2.45, 2.75) is 19.3 Å². The summed E-state index contributed by atoms with van der Waals surface area (Å²) >= 11 is 0. The summed E-state index contributed by atoms with van der Waals surface area (Å²) in [6.45, 7) is 2.86. The van der Waals surface area contributed by atoms with E-state index in [4.69, 9.17) is 0 Å². The molecule has 1 fully saturated rings. The minimum absolute atomic E-state index is 0.263. The molecule has 1 aliphatic rings. The molecule has 1 heterocycles. The molecule has 116 valence electrons. The first kappa shape index (κ1) is 15.0. The lowest BCUT2D eigenvalue weighted by Gasteiger charge is -2.32. The Morgan fingerprint density at radius 2 is 1.86 bits per heavy atom. The lowest BCUT2D eigenvalue weighted by Crippen LogP contribution is -2.41. The van der Waals surface area contributed by atoms with Crippen LogP contribution in [-0.4, -0.2) is 37.5 Å². The molecule has 0 bridgehead atoms. The van der Waals surface area contributed by atoms with Crippen molar-refractivity contribution in [1.29, 1.82) is 0 Å². The molecule has 22 heavy (non-hydrogen) atoms. The maximum Gasteiger partial charge on any atom is 0.227 e. The summed E-state index contributed by atoms with van der Waals surface area (Å²) in [7, 11) is 2.00. The van der Waals surface area contributed by atoms with Gasteiger partial charge in [-0.05, 0) is 48.7 Å². The molecule has 0 spiro atoms. The third kappa shape index (κ3) is 3.30. The summed E-state index contributed by atoms with van der Waals surface area (Å²) < 4.78 is 0. The van der Waals surface area contributed by atoms with Crippen LogP contribution in [0.2, 0.25) is 0 Å². The fraction of sp³-hybridized carbons (Fsp3) is 0.421. The highest BCUT2D eigenvalue weighted by Crippen LogP contribution is 2.21. The highest BCUT2D eigenvalue weighted by Gasteiger charge is 2.22. The van der Waals surface area contributed by atoms with E-state index in [0.29, 0.717) is 12.3 Å². The van der Waals surface area contributed by atoms with Crippen molar-refractivity contribution < 1.29 is 4.79 Å². The van der Waals surface area contributed by atoms with Gasteiger partial charge in [0.25, 0.3) is 0 Å². The van der Waals surface area contributed by atoms with Gasteiger partial charge in [-0.15, -0.1) is 0 Å². The minimum Gasteiger partial charge on any atom is -0.342 e. The molecule has 0 unspecified atom stereocenters. The molecule has 2 aromatic rings. The maximum absolute atomic E-state index is 12.6. The van der Waals surface area contributed by atoms with Crippen LogP contribution in [0.25, 0.3) is 10.8 Å². The molecule has 3 nitrogen and oxygen atoms in total. The predicted molar refractivity (Wildman–Crippen MR) is 90.9 cm³/mol. The zero-order chi connectivity index (χ0) is 15.4. The number of carbonyl (C=O) groups excluding carboxylic acids is 1. The number of carbonyl (C=O) groups is 1. The third-order valence-electron chi connectivity index (χ3n) is 4.68. The molecule has 1 saturated heterocycles. The van der Waals surface area contributed by atoms with Crippen LogP contribution >= 0.6 is 0 Å². The van der Waals surface area contributed by atoms with Gasteiger partial charge in [0.05, 0.1) is 6.42 Å². The zero-order valence-electron chi connectivity index (χ0n) is 13.2. The normalized spacial score (nSPS) is 16.1. The second kappa shape index (κ2) is 6.93. The first-order valence-corrected chi connectivity index (χ1v) is 8.17. The second-order valence-electron chi connectivity index (χ2n) is 6.20. The summed E-state index contributed by atoms with van der Waals surface area (Å²) in [6, 6.07) is 14.5. The van der Waals surface area contributed by atoms with Crippen molar-refractivity contribution in [1.82, 2.24) is 10.2 Å². The van der Waals surface area contributed by atoms with Crippen LogP contribution in [0.15, 0.2) is 42.5 Å². The SMILES string of the molecule is CNCC1CCN(C(=O)Cc2cccc3ccccc23)CC1. The van der Waals surface area contributed by atoms with E-state index in [-0.39, 0.29) is 5.91 Å². The molecule has 3 heteroatoms. The number of rotatable bonds is 4. The van der Waals surface area contributed by atoms with Gasteiger partial charge in [-0.25, -0.2) is 0 Å². The predicted octanol–water partition coefficient (Wildman–Crippen LogP) is 2.84. The molecular formula is C19H24N2O. The van der Waals surface area contributed by atoms with Crippen molar-refractivity contribution in [2.75, 3.05) is 26.7 Å². The van der Waals surface area contributed by atoms with E-state index in [1.54, 1.807) is 0 Å². The first-order valence-electron chi connectivity index (χ1n) is 8.17. The number of likely N-dealkylation sites (tertiary alicyclic amines) is 1. The molecule has 0 aliphatic carbocycles. The van der Waals surface area contributed by atoms with Crippen molar-refractivity contribution >= 4 is 16.7 Å². The zero-order valence-corrected chi connectivity index (χ0v) is 13.2. The van der Waals surface area contributed by atoms with E-state index in [1.165, 1.54) is 10.8 Å². The Balaban J connectivity index is 1.67. The van der Waals surface area contributed by atoms with E-state index in [0.717, 1.165) is 38.0 Å². The smallest absolute Gasteiger partial charge is 0.227 e. The molecule has 0 saturated carbocycles. The second-order valence-corrected chi connectivity index (χ2v) is 6.20. The largest absolute Gasteiger partial charge is 0.342 e. The summed E-state index contributed by atoms with van der Waals surface area (Å²) in [5.74, 6) is 0.978. The van der Waals surface area contributed by atoms with Gasteiger partial charge < -0.3 is 10.2 Å². The molecule has 1 aliphatic heterocycles. The number of fused-ring (bicyclic) bond motifs is 1. The number of piperidine rings is 1. The van der Waals surface area contributed by atoms with Crippen molar-refractivity contribution in [3.63, 3.8) is 0 Å². The first-order chi connectivity index (χ1) is 10.8. The number of benzene rings is 2. The van der Waals surface area contributed by atoms with Crippen LogP contribution in [0.3, 0.4) is 0 Å². The van der Waals surface area contributed by atoms with Gasteiger partial charge in [0, 0.05) is 13.1 Å². The van der Waals surface area contributed by atoms with Crippen molar-refractivity contribution in [2.24, 2.45) is 5.92 Å². The van der Waals surface area contributed by atoms with Gasteiger partial charge in [-0.3, -0.25) is 4.79 Å². The number of hydrogen-bond donors (Lipinski definition) is 1. The number of nitrogens with zero attached hydrogens (tertiary/aromatic N) is 1. The van der Waals surface area contributed by atoms with Gasteiger partial charge >= 0.3 is 0 Å². The van der Waals surface area contributed by atoms with E-state index in [1.807, 2.05) is 30.1 Å². The Morgan fingerprint density at radius 1 is 1.14 bits per heavy atom. The third-order valence-corrected chi connectivity index (χ3v) is 4.68. The minimum atomic E-state index is 0.263. The molecular weight excluding hydrogens is 272 g/mol. The summed E-state index contributed by atoms with van der Waals surface area (Å²) in [5.41, 5.74) is 1.14. The maximum atomic E-state index is 12.6. The average Bonchev–Trinajstić information content (AvgIpc) is 2.56. The number of nitrogens with one attached hydrogen (secondary N) is 1. The van der Waals surface area contributed by atoms with Crippen LogP contribution in [0.4, 0.5) is 0 Å². The van der Waals surface area contributed by atoms with Gasteiger partial charge in [-0.2, -0.15) is 0 Å².